The van der Waals surface area contributed by atoms with E-state index in [2.05, 4.69) is 20.6 Å². The molecule has 0 amide bonds. The van der Waals surface area contributed by atoms with Gasteiger partial charge in [0, 0.05) is 23.9 Å². The molecule has 0 bridgehead atoms. The van der Waals surface area contributed by atoms with Crippen molar-refractivity contribution >= 4 is 17.3 Å². The molecule has 0 radical (unpaired) electrons. The van der Waals surface area contributed by atoms with E-state index in [4.69, 9.17) is 4.74 Å². The number of rotatable bonds is 5. The molecule has 3 rings (SSSR count). The van der Waals surface area contributed by atoms with Gasteiger partial charge in [0.2, 0.25) is 0 Å². The molecule has 1 aliphatic carbocycles. The van der Waals surface area contributed by atoms with Crippen molar-refractivity contribution in [3.05, 3.63) is 36.2 Å². The van der Waals surface area contributed by atoms with Gasteiger partial charge in [-0.2, -0.15) is 0 Å². The Labute approximate surface area is 131 Å². The van der Waals surface area contributed by atoms with Crippen LogP contribution in [0.2, 0.25) is 0 Å². The molecule has 1 aliphatic rings. The lowest BCUT2D eigenvalue weighted by Crippen LogP contribution is -2.16. The Morgan fingerprint density at radius 2 is 1.86 bits per heavy atom. The molecule has 2 aromatic rings. The summed E-state index contributed by atoms with van der Waals surface area (Å²) in [6.07, 6.45) is 5.05. The van der Waals surface area contributed by atoms with E-state index < -0.39 is 0 Å². The summed E-state index contributed by atoms with van der Waals surface area (Å²) in [7, 11) is 1.66. The highest BCUT2D eigenvalue weighted by atomic mass is 16.5. The molecular formula is C17H22N4O. The predicted molar refractivity (Wildman–Crippen MR) is 88.9 cm³/mol. The summed E-state index contributed by atoms with van der Waals surface area (Å²) < 4.78 is 5.24. The third-order valence-corrected chi connectivity index (χ3v) is 3.89. The Morgan fingerprint density at radius 3 is 2.64 bits per heavy atom. The highest BCUT2D eigenvalue weighted by Gasteiger charge is 2.15. The molecular weight excluding hydrogens is 276 g/mol. The van der Waals surface area contributed by atoms with Crippen LogP contribution in [0.3, 0.4) is 0 Å². The van der Waals surface area contributed by atoms with E-state index in [1.165, 1.54) is 25.7 Å². The zero-order valence-electron chi connectivity index (χ0n) is 13.1. The van der Waals surface area contributed by atoms with Crippen LogP contribution < -0.4 is 15.4 Å². The molecule has 1 aromatic heterocycles. The Hall–Kier alpha value is -2.30. The van der Waals surface area contributed by atoms with Gasteiger partial charge in [0.15, 0.2) is 0 Å². The van der Waals surface area contributed by atoms with E-state index in [-0.39, 0.29) is 0 Å². The fourth-order valence-electron chi connectivity index (χ4n) is 2.83. The zero-order valence-corrected chi connectivity index (χ0v) is 13.1. The minimum atomic E-state index is 0.541. The average Bonchev–Trinajstić information content (AvgIpc) is 2.99. The quantitative estimate of drug-likeness (QED) is 0.877. The van der Waals surface area contributed by atoms with Crippen LogP contribution in [0.15, 0.2) is 30.3 Å². The second kappa shape index (κ2) is 6.64. The molecule has 0 saturated heterocycles. The van der Waals surface area contributed by atoms with Crippen LogP contribution in [0, 0.1) is 6.92 Å². The van der Waals surface area contributed by atoms with Gasteiger partial charge in [-0.3, -0.25) is 0 Å². The number of nitrogens with zero attached hydrogens (tertiary/aromatic N) is 2. The van der Waals surface area contributed by atoms with E-state index in [1.54, 1.807) is 7.11 Å². The maximum absolute atomic E-state index is 5.24. The monoisotopic (exact) mass is 298 g/mol. The first-order valence-electron chi connectivity index (χ1n) is 7.76. The van der Waals surface area contributed by atoms with Crippen LogP contribution in [-0.2, 0) is 0 Å². The minimum Gasteiger partial charge on any atom is -0.497 e. The first-order chi connectivity index (χ1) is 10.7. The molecule has 116 valence electrons. The van der Waals surface area contributed by atoms with Gasteiger partial charge in [-0.1, -0.05) is 18.9 Å². The van der Waals surface area contributed by atoms with Gasteiger partial charge in [0.1, 0.15) is 23.2 Å². The molecule has 1 heterocycles. The number of nitrogens with one attached hydrogen (secondary N) is 2. The van der Waals surface area contributed by atoms with Crippen LogP contribution in [0.5, 0.6) is 5.75 Å². The van der Waals surface area contributed by atoms with Gasteiger partial charge in [0.25, 0.3) is 0 Å². The summed E-state index contributed by atoms with van der Waals surface area (Å²) in [4.78, 5) is 8.94. The highest BCUT2D eigenvalue weighted by molar-refractivity contribution is 5.60. The van der Waals surface area contributed by atoms with Crippen LogP contribution in [0.25, 0.3) is 0 Å². The zero-order chi connectivity index (χ0) is 15.4. The third kappa shape index (κ3) is 3.67. The summed E-state index contributed by atoms with van der Waals surface area (Å²) in [5.74, 6) is 3.26. The van der Waals surface area contributed by atoms with Gasteiger partial charge in [0.05, 0.1) is 7.11 Å². The van der Waals surface area contributed by atoms with E-state index in [0.29, 0.717) is 6.04 Å². The fraction of sp³-hybridized carbons (Fsp3) is 0.412. The molecule has 0 unspecified atom stereocenters. The topological polar surface area (TPSA) is 59.1 Å². The maximum Gasteiger partial charge on any atom is 0.136 e. The van der Waals surface area contributed by atoms with Crippen molar-refractivity contribution in [2.24, 2.45) is 0 Å². The Morgan fingerprint density at radius 1 is 1.09 bits per heavy atom. The Balaban J connectivity index is 1.76. The van der Waals surface area contributed by atoms with E-state index in [1.807, 2.05) is 37.3 Å². The van der Waals surface area contributed by atoms with E-state index >= 15 is 0 Å². The predicted octanol–water partition coefficient (Wildman–Crippen LogP) is 3.89. The fourth-order valence-corrected chi connectivity index (χ4v) is 2.83. The van der Waals surface area contributed by atoms with Crippen molar-refractivity contribution in [1.82, 2.24) is 9.97 Å². The van der Waals surface area contributed by atoms with Crippen molar-refractivity contribution in [2.45, 2.75) is 38.6 Å². The molecule has 1 saturated carbocycles. The number of anilines is 3. The normalized spacial score (nSPS) is 14.8. The summed E-state index contributed by atoms with van der Waals surface area (Å²) >= 11 is 0. The summed E-state index contributed by atoms with van der Waals surface area (Å²) in [6, 6.07) is 10.3. The number of aromatic nitrogens is 2. The number of ether oxygens (including phenoxy) is 1. The molecule has 0 aliphatic heterocycles. The van der Waals surface area contributed by atoms with Crippen molar-refractivity contribution in [2.75, 3.05) is 17.7 Å². The van der Waals surface area contributed by atoms with E-state index in [0.717, 1.165) is 28.9 Å². The maximum atomic E-state index is 5.24. The molecule has 5 nitrogen and oxygen atoms in total. The van der Waals surface area contributed by atoms with Crippen LogP contribution in [0.4, 0.5) is 17.3 Å². The summed E-state index contributed by atoms with van der Waals surface area (Å²) in [5.41, 5.74) is 0.948. The smallest absolute Gasteiger partial charge is 0.136 e. The molecule has 0 spiro atoms. The van der Waals surface area contributed by atoms with Crippen LogP contribution in [-0.4, -0.2) is 23.1 Å². The van der Waals surface area contributed by atoms with Crippen molar-refractivity contribution in [3.63, 3.8) is 0 Å². The van der Waals surface area contributed by atoms with Crippen molar-refractivity contribution < 1.29 is 4.74 Å². The second-order valence-corrected chi connectivity index (χ2v) is 5.67. The number of hydrogen-bond acceptors (Lipinski definition) is 5. The lowest BCUT2D eigenvalue weighted by molar-refractivity contribution is 0.415. The second-order valence-electron chi connectivity index (χ2n) is 5.67. The number of benzene rings is 1. The van der Waals surface area contributed by atoms with Crippen molar-refractivity contribution in [1.29, 1.82) is 0 Å². The standard InChI is InChI=1S/C17H22N4O/c1-12-18-16(20-13-6-3-4-7-13)11-17(19-12)21-14-8-5-9-15(10-14)22-2/h5,8-11,13H,3-4,6-7H2,1-2H3,(H2,18,19,20,21). The lowest BCUT2D eigenvalue weighted by atomic mass is 10.2. The number of methoxy groups -OCH3 is 1. The van der Waals surface area contributed by atoms with Gasteiger partial charge in [-0.25, -0.2) is 9.97 Å². The molecule has 5 heteroatoms. The largest absolute Gasteiger partial charge is 0.497 e. The third-order valence-electron chi connectivity index (χ3n) is 3.89. The molecule has 22 heavy (non-hydrogen) atoms. The number of hydrogen-bond donors (Lipinski definition) is 2. The SMILES string of the molecule is COc1cccc(Nc2cc(NC3CCCC3)nc(C)n2)c1. The molecule has 0 atom stereocenters. The lowest BCUT2D eigenvalue weighted by Gasteiger charge is -2.14. The molecule has 2 N–H and O–H groups in total. The summed E-state index contributed by atoms with van der Waals surface area (Å²) in [6.45, 7) is 1.91. The van der Waals surface area contributed by atoms with E-state index in [9.17, 15) is 0 Å². The molecule has 1 aromatic carbocycles. The Kier molecular flexibility index (Phi) is 4.42. The van der Waals surface area contributed by atoms with Gasteiger partial charge in [-0.05, 0) is 31.9 Å². The number of aryl methyl sites for hydroxylation is 1. The first-order valence-corrected chi connectivity index (χ1v) is 7.76. The minimum absolute atomic E-state index is 0.541. The Bertz CT molecular complexity index is 638. The van der Waals surface area contributed by atoms with Gasteiger partial charge in [-0.15, -0.1) is 0 Å². The van der Waals surface area contributed by atoms with Gasteiger partial charge >= 0.3 is 0 Å². The first kappa shape index (κ1) is 14.6. The van der Waals surface area contributed by atoms with Crippen LogP contribution in [0.1, 0.15) is 31.5 Å². The van der Waals surface area contributed by atoms with Gasteiger partial charge < -0.3 is 15.4 Å². The summed E-state index contributed by atoms with van der Waals surface area (Å²) in [5, 5.41) is 6.83. The van der Waals surface area contributed by atoms with Crippen LogP contribution >= 0.6 is 0 Å². The average molecular weight is 298 g/mol. The highest BCUT2D eigenvalue weighted by Crippen LogP contribution is 2.24. The molecule has 1 fully saturated rings. The van der Waals surface area contributed by atoms with Crippen molar-refractivity contribution in [3.8, 4) is 5.75 Å².